The lowest BCUT2D eigenvalue weighted by Gasteiger charge is -2.16. The molecule has 94 valence electrons. The summed E-state index contributed by atoms with van der Waals surface area (Å²) in [5.41, 5.74) is 5.57. The van der Waals surface area contributed by atoms with Crippen LogP contribution in [0.4, 0.5) is 0 Å². The van der Waals surface area contributed by atoms with Gasteiger partial charge in [-0.15, -0.1) is 0 Å². The Labute approximate surface area is 104 Å². The average Bonchev–Trinajstić information content (AvgIpc) is 2.23. The van der Waals surface area contributed by atoms with Crippen molar-refractivity contribution < 1.29 is 14.7 Å². The second kappa shape index (κ2) is 8.72. The first-order valence-electron chi connectivity index (χ1n) is 4.79. The van der Waals surface area contributed by atoms with Gasteiger partial charge in [-0.25, -0.2) is 4.79 Å². The van der Waals surface area contributed by atoms with E-state index in [2.05, 4.69) is 5.32 Å². The largest absolute Gasteiger partial charge is 0.480 e. The lowest BCUT2D eigenvalue weighted by Crippen LogP contribution is -2.49. The number of nitrogens with two attached hydrogens (primary N) is 1. The average molecular weight is 266 g/mol. The van der Waals surface area contributed by atoms with Gasteiger partial charge in [-0.1, -0.05) is 0 Å². The molecule has 0 bridgehead atoms. The van der Waals surface area contributed by atoms with Crippen LogP contribution in [-0.2, 0) is 9.59 Å². The number of carbonyl (C=O) groups is 2. The van der Waals surface area contributed by atoms with E-state index >= 15 is 0 Å². The number of carbonyl (C=O) groups excluding carboxylic acids is 1. The van der Waals surface area contributed by atoms with Gasteiger partial charge in [0.15, 0.2) is 0 Å². The summed E-state index contributed by atoms with van der Waals surface area (Å²) in [6, 6.07) is -1.49. The van der Waals surface area contributed by atoms with E-state index in [0.717, 1.165) is 0 Å². The molecule has 0 aromatic carbocycles. The van der Waals surface area contributed by atoms with E-state index in [9.17, 15) is 9.59 Å². The lowest BCUT2D eigenvalue weighted by molar-refractivity contribution is -0.141. The molecule has 0 aliphatic carbocycles. The lowest BCUT2D eigenvalue weighted by atomic mass is 10.2. The molecule has 7 heteroatoms. The number of carboxylic acids is 1. The van der Waals surface area contributed by atoms with Crippen LogP contribution >= 0.6 is 23.5 Å². The first kappa shape index (κ1) is 15.6. The number of rotatable bonds is 8. The fraction of sp³-hybridized carbons (Fsp3) is 0.778. The van der Waals surface area contributed by atoms with Crippen molar-refractivity contribution in [2.24, 2.45) is 5.73 Å². The highest BCUT2D eigenvalue weighted by Gasteiger charge is 2.22. The molecular formula is C9H18N2O3S2. The van der Waals surface area contributed by atoms with Crippen LogP contribution in [0.15, 0.2) is 0 Å². The molecular weight excluding hydrogens is 248 g/mol. The van der Waals surface area contributed by atoms with Gasteiger partial charge in [0.05, 0.1) is 6.04 Å². The van der Waals surface area contributed by atoms with E-state index in [1.807, 2.05) is 12.5 Å². The monoisotopic (exact) mass is 266 g/mol. The Hall–Kier alpha value is -0.400. The molecule has 0 saturated carbocycles. The van der Waals surface area contributed by atoms with Crippen LogP contribution in [0.25, 0.3) is 0 Å². The van der Waals surface area contributed by atoms with Crippen LogP contribution in [0.5, 0.6) is 0 Å². The molecule has 0 spiro atoms. The van der Waals surface area contributed by atoms with Crippen molar-refractivity contribution >= 4 is 35.4 Å². The van der Waals surface area contributed by atoms with Crippen LogP contribution in [0.3, 0.4) is 0 Å². The van der Waals surface area contributed by atoms with E-state index in [1.165, 1.54) is 11.8 Å². The van der Waals surface area contributed by atoms with Gasteiger partial charge in [0.25, 0.3) is 0 Å². The third-order valence-electron chi connectivity index (χ3n) is 1.91. The summed E-state index contributed by atoms with van der Waals surface area (Å²) in [7, 11) is 0. The minimum Gasteiger partial charge on any atom is -0.480 e. The Morgan fingerprint density at radius 2 is 2.00 bits per heavy atom. The van der Waals surface area contributed by atoms with Crippen LogP contribution in [0.2, 0.25) is 0 Å². The Morgan fingerprint density at radius 1 is 1.38 bits per heavy atom. The van der Waals surface area contributed by atoms with Crippen molar-refractivity contribution in [3.8, 4) is 0 Å². The summed E-state index contributed by atoms with van der Waals surface area (Å²) in [6.07, 6.45) is 4.14. The van der Waals surface area contributed by atoms with Crippen LogP contribution < -0.4 is 11.1 Å². The van der Waals surface area contributed by atoms with Gasteiger partial charge in [-0.3, -0.25) is 4.79 Å². The van der Waals surface area contributed by atoms with Crippen molar-refractivity contribution in [3.63, 3.8) is 0 Å². The van der Waals surface area contributed by atoms with Crippen molar-refractivity contribution in [1.82, 2.24) is 5.32 Å². The van der Waals surface area contributed by atoms with Gasteiger partial charge in [-0.05, 0) is 24.7 Å². The van der Waals surface area contributed by atoms with E-state index in [-0.39, 0.29) is 0 Å². The molecule has 1 amide bonds. The van der Waals surface area contributed by atoms with Crippen LogP contribution in [0, 0.1) is 0 Å². The van der Waals surface area contributed by atoms with Crippen molar-refractivity contribution in [1.29, 1.82) is 0 Å². The highest BCUT2D eigenvalue weighted by Crippen LogP contribution is 2.02. The number of nitrogens with one attached hydrogen (secondary N) is 1. The summed E-state index contributed by atoms with van der Waals surface area (Å²) >= 11 is 3.00. The third-order valence-corrected chi connectivity index (χ3v) is 3.24. The first-order valence-corrected chi connectivity index (χ1v) is 7.58. The molecule has 2 atom stereocenters. The predicted molar refractivity (Wildman–Crippen MR) is 68.9 cm³/mol. The molecule has 0 rings (SSSR count). The maximum Gasteiger partial charge on any atom is 0.326 e. The van der Waals surface area contributed by atoms with E-state index in [0.29, 0.717) is 17.9 Å². The molecule has 16 heavy (non-hydrogen) atoms. The Kier molecular flexibility index (Phi) is 8.50. The van der Waals surface area contributed by atoms with Gasteiger partial charge >= 0.3 is 5.97 Å². The smallest absolute Gasteiger partial charge is 0.326 e. The second-order valence-electron chi connectivity index (χ2n) is 3.24. The molecule has 0 radical (unpaired) electrons. The fourth-order valence-electron chi connectivity index (χ4n) is 1.03. The summed E-state index contributed by atoms with van der Waals surface area (Å²) in [5, 5.41) is 11.3. The molecule has 0 aromatic rings. The maximum atomic E-state index is 11.5. The SMILES string of the molecule is CSCCC(NC(=O)C(N)CSC)C(=O)O. The van der Waals surface area contributed by atoms with Gasteiger partial charge in [0.1, 0.15) is 6.04 Å². The molecule has 0 saturated heterocycles. The highest BCUT2D eigenvalue weighted by atomic mass is 32.2. The summed E-state index contributed by atoms with van der Waals surface area (Å²) < 4.78 is 0. The quantitative estimate of drug-likeness (QED) is 0.573. The molecule has 4 N–H and O–H groups in total. The van der Waals surface area contributed by atoms with Crippen LogP contribution in [-0.4, -0.2) is 53.1 Å². The van der Waals surface area contributed by atoms with Crippen LogP contribution in [0.1, 0.15) is 6.42 Å². The van der Waals surface area contributed by atoms with Crippen molar-refractivity contribution in [2.45, 2.75) is 18.5 Å². The van der Waals surface area contributed by atoms with Gasteiger partial charge in [-0.2, -0.15) is 23.5 Å². The summed E-state index contributed by atoms with van der Waals surface area (Å²) in [5.74, 6) is -0.239. The predicted octanol–water partition coefficient (Wildman–Crippen LogP) is -0.000800. The number of aliphatic carboxylic acids is 1. The molecule has 0 aliphatic rings. The Balaban J connectivity index is 4.17. The third kappa shape index (κ3) is 6.24. The first-order chi connectivity index (χ1) is 7.52. The van der Waals surface area contributed by atoms with E-state index in [4.69, 9.17) is 10.8 Å². The standard InChI is InChI=1S/C9H18N2O3S2/c1-15-4-3-7(9(13)14)11-8(12)6(10)5-16-2/h6-7H,3-5,10H2,1-2H3,(H,11,12)(H,13,14). The zero-order valence-electron chi connectivity index (χ0n) is 9.43. The van der Waals surface area contributed by atoms with E-state index < -0.39 is 24.0 Å². The minimum atomic E-state index is -1.02. The number of carboxylic acid groups (broad SMARTS) is 1. The Morgan fingerprint density at radius 3 is 2.44 bits per heavy atom. The molecule has 2 unspecified atom stereocenters. The number of hydrogen-bond donors (Lipinski definition) is 3. The molecule has 0 aromatic heterocycles. The Bertz CT molecular complexity index is 239. The number of hydrogen-bond acceptors (Lipinski definition) is 5. The number of amides is 1. The number of thioether (sulfide) groups is 2. The summed E-state index contributed by atoms with van der Waals surface area (Å²) in [6.45, 7) is 0. The topological polar surface area (TPSA) is 92.4 Å². The van der Waals surface area contributed by atoms with Gasteiger partial charge < -0.3 is 16.2 Å². The van der Waals surface area contributed by atoms with Gasteiger partial charge in [0.2, 0.25) is 5.91 Å². The molecule has 0 heterocycles. The zero-order chi connectivity index (χ0) is 12.6. The maximum absolute atomic E-state index is 11.5. The van der Waals surface area contributed by atoms with Gasteiger partial charge in [0, 0.05) is 5.75 Å². The molecule has 0 fully saturated rings. The van der Waals surface area contributed by atoms with E-state index in [1.54, 1.807) is 11.8 Å². The fourth-order valence-corrected chi connectivity index (χ4v) is 2.01. The second-order valence-corrected chi connectivity index (χ2v) is 5.14. The summed E-state index contributed by atoms with van der Waals surface area (Å²) in [4.78, 5) is 22.3. The van der Waals surface area contributed by atoms with Crippen molar-refractivity contribution in [3.05, 3.63) is 0 Å². The molecule has 5 nitrogen and oxygen atoms in total. The normalized spacial score (nSPS) is 14.2. The molecule has 0 aliphatic heterocycles. The van der Waals surface area contributed by atoms with Crippen molar-refractivity contribution in [2.75, 3.05) is 24.0 Å². The highest BCUT2D eigenvalue weighted by molar-refractivity contribution is 7.98. The zero-order valence-corrected chi connectivity index (χ0v) is 11.1. The minimum absolute atomic E-state index is 0.400.